The van der Waals surface area contributed by atoms with E-state index in [1.807, 2.05) is 24.3 Å². The minimum Gasteiger partial charge on any atom is -0.211 e. The maximum atomic E-state index is 13.5. The Labute approximate surface area is 143 Å². The van der Waals surface area contributed by atoms with Crippen LogP contribution < -0.4 is 0 Å². The van der Waals surface area contributed by atoms with E-state index in [1.54, 1.807) is 22.7 Å². The minimum atomic E-state index is -0.311. The van der Waals surface area contributed by atoms with Crippen molar-refractivity contribution in [2.24, 2.45) is 0 Å². The van der Waals surface area contributed by atoms with Crippen LogP contribution in [-0.4, -0.2) is 19.6 Å². The molecule has 0 bridgehead atoms. The summed E-state index contributed by atoms with van der Waals surface area (Å²) in [5.74, 6) is 0.152. The van der Waals surface area contributed by atoms with Gasteiger partial charge in [-0.25, -0.2) is 13.9 Å². The van der Waals surface area contributed by atoms with Gasteiger partial charge in [-0.3, -0.25) is 0 Å². The van der Waals surface area contributed by atoms with Crippen LogP contribution in [0.2, 0.25) is 0 Å². The van der Waals surface area contributed by atoms with Gasteiger partial charge in [-0.15, -0.1) is 0 Å². The Balaban J connectivity index is 1.79. The van der Waals surface area contributed by atoms with E-state index in [0.29, 0.717) is 29.0 Å². The molecule has 5 nitrogen and oxygen atoms in total. The number of hydrogen-bond acceptors (Lipinski definition) is 4. The highest BCUT2D eigenvalue weighted by molar-refractivity contribution is 5.61. The van der Waals surface area contributed by atoms with Gasteiger partial charge < -0.3 is 0 Å². The zero-order valence-electron chi connectivity index (χ0n) is 13.1. The number of hydrogen-bond donors (Lipinski definition) is 0. The van der Waals surface area contributed by atoms with Gasteiger partial charge in [0, 0.05) is 12.0 Å². The van der Waals surface area contributed by atoms with Crippen molar-refractivity contribution in [2.75, 3.05) is 0 Å². The lowest BCUT2D eigenvalue weighted by atomic mass is 10.1. The highest BCUT2D eigenvalue weighted by Gasteiger charge is 2.10. The quantitative estimate of drug-likeness (QED) is 0.578. The molecule has 6 heteroatoms. The van der Waals surface area contributed by atoms with E-state index in [4.69, 9.17) is 5.26 Å². The van der Waals surface area contributed by atoms with Crippen molar-refractivity contribution in [1.29, 1.82) is 5.26 Å². The van der Waals surface area contributed by atoms with Crippen molar-refractivity contribution in [3.8, 4) is 17.3 Å². The molecule has 4 rings (SSSR count). The monoisotopic (exact) mass is 329 g/mol. The summed E-state index contributed by atoms with van der Waals surface area (Å²) in [5.41, 5.74) is 3.86. The third-order valence-corrected chi connectivity index (χ3v) is 3.91. The molecule has 0 saturated carbocycles. The molecule has 0 spiro atoms. The average Bonchev–Trinajstić information content (AvgIpc) is 3.11. The molecule has 2 aromatic heterocycles. The summed E-state index contributed by atoms with van der Waals surface area (Å²) in [4.78, 5) is 8.62. The predicted octanol–water partition coefficient (Wildman–Crippen LogP) is 3.39. The second-order valence-electron chi connectivity index (χ2n) is 5.60. The normalized spacial score (nSPS) is 10.7. The van der Waals surface area contributed by atoms with E-state index in [2.05, 4.69) is 21.1 Å². The molecule has 0 atom stereocenters. The lowest BCUT2D eigenvalue weighted by Crippen LogP contribution is -2.03. The van der Waals surface area contributed by atoms with Crippen molar-refractivity contribution in [3.63, 3.8) is 0 Å². The van der Waals surface area contributed by atoms with Gasteiger partial charge in [0.1, 0.15) is 12.1 Å². The van der Waals surface area contributed by atoms with Crippen LogP contribution in [0.1, 0.15) is 16.8 Å². The third kappa shape index (κ3) is 2.95. The van der Waals surface area contributed by atoms with Crippen LogP contribution in [0.25, 0.3) is 17.0 Å². The summed E-state index contributed by atoms with van der Waals surface area (Å²) in [6.45, 7) is 0. The molecular weight excluding hydrogens is 317 g/mol. The van der Waals surface area contributed by atoms with E-state index in [9.17, 15) is 4.39 Å². The number of fused-ring (bicyclic) bond motifs is 1. The average molecular weight is 329 g/mol. The van der Waals surface area contributed by atoms with Gasteiger partial charge in [0.2, 0.25) is 0 Å². The molecule has 0 radical (unpaired) electrons. The van der Waals surface area contributed by atoms with E-state index in [0.717, 1.165) is 11.3 Å². The summed E-state index contributed by atoms with van der Waals surface area (Å²) < 4.78 is 15.2. The summed E-state index contributed by atoms with van der Waals surface area (Å²) in [6.07, 6.45) is 2.04. The van der Waals surface area contributed by atoms with Crippen LogP contribution in [0.5, 0.6) is 0 Å². The Hall–Kier alpha value is -3.59. The van der Waals surface area contributed by atoms with Gasteiger partial charge in [-0.05, 0) is 35.9 Å². The zero-order chi connectivity index (χ0) is 17.2. The molecule has 4 aromatic rings. The molecule has 0 aliphatic heterocycles. The van der Waals surface area contributed by atoms with E-state index >= 15 is 0 Å². The second kappa shape index (κ2) is 6.13. The molecule has 0 aliphatic rings. The standard InChI is InChI=1S/C19H12FN5/c20-16-3-1-2-15(9-16)18-10-17(25-19(24-18)22-12-23-25)8-13-4-6-14(11-21)7-5-13/h1-7,9-10,12H,8H2. The van der Waals surface area contributed by atoms with Crippen LogP contribution >= 0.6 is 0 Å². The maximum Gasteiger partial charge on any atom is 0.252 e. The lowest BCUT2D eigenvalue weighted by molar-refractivity contribution is 0.628. The van der Waals surface area contributed by atoms with Crippen molar-refractivity contribution in [3.05, 3.63) is 83.6 Å². The summed E-state index contributed by atoms with van der Waals surface area (Å²) in [7, 11) is 0. The molecule has 0 unspecified atom stereocenters. The van der Waals surface area contributed by atoms with E-state index in [1.165, 1.54) is 18.5 Å². The number of nitriles is 1. The Morgan fingerprint density at radius 2 is 1.92 bits per heavy atom. The molecule has 0 saturated heterocycles. The van der Waals surface area contributed by atoms with Gasteiger partial charge in [-0.2, -0.15) is 15.3 Å². The van der Waals surface area contributed by atoms with Crippen LogP contribution in [0.3, 0.4) is 0 Å². The SMILES string of the molecule is N#Cc1ccc(Cc2cc(-c3cccc(F)c3)nc3ncnn23)cc1. The van der Waals surface area contributed by atoms with Crippen molar-refractivity contribution in [2.45, 2.75) is 6.42 Å². The van der Waals surface area contributed by atoms with Gasteiger partial charge >= 0.3 is 0 Å². The highest BCUT2D eigenvalue weighted by atomic mass is 19.1. The van der Waals surface area contributed by atoms with Gasteiger partial charge in [0.15, 0.2) is 0 Å². The molecule has 0 N–H and O–H groups in total. The largest absolute Gasteiger partial charge is 0.252 e. The van der Waals surface area contributed by atoms with E-state index < -0.39 is 0 Å². The predicted molar refractivity (Wildman–Crippen MR) is 90.1 cm³/mol. The molecule has 2 aromatic carbocycles. The van der Waals surface area contributed by atoms with Crippen LogP contribution in [0.4, 0.5) is 4.39 Å². The molecular formula is C19H12FN5. The number of rotatable bonds is 3. The van der Waals surface area contributed by atoms with Gasteiger partial charge in [0.25, 0.3) is 5.78 Å². The van der Waals surface area contributed by atoms with Crippen molar-refractivity contribution in [1.82, 2.24) is 19.6 Å². The molecule has 0 aliphatic carbocycles. The molecule has 0 fully saturated rings. The Bertz CT molecular complexity index is 1090. The fourth-order valence-corrected chi connectivity index (χ4v) is 2.70. The van der Waals surface area contributed by atoms with E-state index in [-0.39, 0.29) is 5.82 Å². The summed E-state index contributed by atoms with van der Waals surface area (Å²) in [5, 5.41) is 13.1. The van der Waals surface area contributed by atoms with Gasteiger partial charge in [0.05, 0.1) is 23.0 Å². The van der Waals surface area contributed by atoms with Crippen molar-refractivity contribution < 1.29 is 4.39 Å². The topological polar surface area (TPSA) is 66.9 Å². The molecule has 25 heavy (non-hydrogen) atoms. The first-order valence-electron chi connectivity index (χ1n) is 7.67. The zero-order valence-corrected chi connectivity index (χ0v) is 13.1. The van der Waals surface area contributed by atoms with Crippen molar-refractivity contribution >= 4 is 5.78 Å². The first-order valence-corrected chi connectivity index (χ1v) is 7.67. The highest BCUT2D eigenvalue weighted by Crippen LogP contribution is 2.21. The minimum absolute atomic E-state index is 0.311. The Morgan fingerprint density at radius 1 is 1.08 bits per heavy atom. The first kappa shape index (κ1) is 15.0. The fourth-order valence-electron chi connectivity index (χ4n) is 2.70. The fraction of sp³-hybridized carbons (Fsp3) is 0.0526. The smallest absolute Gasteiger partial charge is 0.211 e. The molecule has 2 heterocycles. The van der Waals surface area contributed by atoms with Gasteiger partial charge in [-0.1, -0.05) is 24.3 Å². The van der Waals surface area contributed by atoms with Crippen LogP contribution in [0.15, 0.2) is 60.9 Å². The Kier molecular flexibility index (Phi) is 3.67. The lowest BCUT2D eigenvalue weighted by Gasteiger charge is -2.08. The number of benzene rings is 2. The third-order valence-electron chi connectivity index (χ3n) is 3.91. The number of aromatic nitrogens is 4. The molecule has 120 valence electrons. The van der Waals surface area contributed by atoms with Crippen LogP contribution in [0, 0.1) is 17.1 Å². The maximum absolute atomic E-state index is 13.5. The summed E-state index contributed by atoms with van der Waals surface area (Å²) >= 11 is 0. The first-order chi connectivity index (χ1) is 12.2. The number of halogens is 1. The van der Waals surface area contributed by atoms with Crippen LogP contribution in [-0.2, 0) is 6.42 Å². The second-order valence-corrected chi connectivity index (χ2v) is 5.60. The molecule has 0 amide bonds. The Morgan fingerprint density at radius 3 is 2.68 bits per heavy atom. The summed E-state index contributed by atoms with van der Waals surface area (Å²) in [6, 6.07) is 17.7. The number of nitrogens with zero attached hydrogens (tertiary/aromatic N) is 5.